The highest BCUT2D eigenvalue weighted by Gasteiger charge is 2.41. The van der Waals surface area contributed by atoms with Crippen LogP contribution in [0.25, 0.3) is 0 Å². The summed E-state index contributed by atoms with van der Waals surface area (Å²) in [4.78, 5) is 13.7. The van der Waals surface area contributed by atoms with Crippen LogP contribution in [0.1, 0.15) is 27.2 Å². The minimum absolute atomic E-state index is 0.107. The molecule has 0 radical (unpaired) electrons. The van der Waals surface area contributed by atoms with Gasteiger partial charge in [-0.1, -0.05) is 11.6 Å². The Labute approximate surface area is 142 Å². The van der Waals surface area contributed by atoms with E-state index in [0.717, 1.165) is 0 Å². The van der Waals surface area contributed by atoms with Gasteiger partial charge in [0.1, 0.15) is 5.75 Å². The summed E-state index contributed by atoms with van der Waals surface area (Å²) in [6.45, 7) is 5.65. The van der Waals surface area contributed by atoms with Crippen LogP contribution in [0.4, 0.5) is 0 Å². The fourth-order valence-electron chi connectivity index (χ4n) is 2.48. The molecule has 7 heteroatoms. The minimum Gasteiger partial charge on any atom is -0.484 e. The van der Waals surface area contributed by atoms with E-state index >= 15 is 0 Å². The van der Waals surface area contributed by atoms with Crippen LogP contribution in [0.3, 0.4) is 0 Å². The Bertz CT molecular complexity index is 664. The van der Waals surface area contributed by atoms with Crippen LogP contribution in [-0.4, -0.2) is 48.9 Å². The third kappa shape index (κ3) is 4.18. The number of carbonyl (C=O) groups excluding carboxylic acids is 1. The van der Waals surface area contributed by atoms with Crippen molar-refractivity contribution in [1.82, 2.24) is 4.90 Å². The number of hydrogen-bond acceptors (Lipinski definition) is 4. The predicted octanol–water partition coefficient (Wildman–Crippen LogP) is 2.53. The first-order chi connectivity index (χ1) is 10.6. The smallest absolute Gasteiger partial charge is 0.260 e. The molecule has 0 bridgehead atoms. The largest absolute Gasteiger partial charge is 0.484 e. The number of nitrogens with zero attached hydrogens (tertiary/aromatic N) is 1. The van der Waals surface area contributed by atoms with Gasteiger partial charge in [0.25, 0.3) is 5.91 Å². The topological polar surface area (TPSA) is 63.7 Å². The van der Waals surface area contributed by atoms with E-state index in [9.17, 15) is 13.2 Å². The van der Waals surface area contributed by atoms with E-state index < -0.39 is 19.8 Å². The molecule has 0 aliphatic carbocycles. The first kappa shape index (κ1) is 18.1. The van der Waals surface area contributed by atoms with E-state index in [4.69, 9.17) is 16.3 Å². The van der Waals surface area contributed by atoms with Crippen LogP contribution in [0.2, 0.25) is 5.02 Å². The van der Waals surface area contributed by atoms with Crippen LogP contribution in [0, 0.1) is 0 Å². The lowest BCUT2D eigenvalue weighted by Gasteiger charge is -2.24. The third-order valence-corrected chi connectivity index (χ3v) is 7.19. The summed E-state index contributed by atoms with van der Waals surface area (Å²) in [6.07, 6.45) is 0.478. The molecular weight excluding hydrogens is 338 g/mol. The molecule has 1 fully saturated rings. The SMILES string of the molecule is CC(C)(C)S(=O)(=O)C1CCN(C(=O)COc2ccc(Cl)cc2)C1. The van der Waals surface area contributed by atoms with Gasteiger partial charge >= 0.3 is 0 Å². The van der Waals surface area contributed by atoms with E-state index in [1.54, 1.807) is 49.9 Å². The molecule has 2 rings (SSSR count). The molecule has 23 heavy (non-hydrogen) atoms. The highest BCUT2D eigenvalue weighted by molar-refractivity contribution is 7.93. The van der Waals surface area contributed by atoms with Crippen molar-refractivity contribution in [3.8, 4) is 5.75 Å². The number of sulfone groups is 1. The number of benzene rings is 1. The lowest BCUT2D eigenvalue weighted by atomic mass is 10.3. The predicted molar refractivity (Wildman–Crippen MR) is 90.6 cm³/mol. The summed E-state index contributed by atoms with van der Waals surface area (Å²) in [7, 11) is -3.26. The summed E-state index contributed by atoms with van der Waals surface area (Å²) in [5.74, 6) is 0.354. The Morgan fingerprint density at radius 1 is 1.30 bits per heavy atom. The van der Waals surface area contributed by atoms with Crippen molar-refractivity contribution >= 4 is 27.3 Å². The summed E-state index contributed by atoms with van der Waals surface area (Å²) >= 11 is 5.79. The first-order valence-electron chi connectivity index (χ1n) is 7.51. The zero-order chi connectivity index (χ0) is 17.3. The lowest BCUT2D eigenvalue weighted by molar-refractivity contribution is -0.132. The average Bonchev–Trinajstić information content (AvgIpc) is 2.95. The minimum atomic E-state index is -3.26. The number of ether oxygens (including phenoxy) is 1. The Morgan fingerprint density at radius 3 is 2.48 bits per heavy atom. The van der Waals surface area contributed by atoms with E-state index in [1.807, 2.05) is 0 Å². The molecule has 1 aliphatic rings. The molecule has 128 valence electrons. The van der Waals surface area contributed by atoms with Crippen molar-refractivity contribution < 1.29 is 17.9 Å². The number of hydrogen-bond donors (Lipinski definition) is 0. The van der Waals surface area contributed by atoms with Crippen LogP contribution >= 0.6 is 11.6 Å². The van der Waals surface area contributed by atoms with Crippen LogP contribution in [0.15, 0.2) is 24.3 Å². The molecule has 5 nitrogen and oxygen atoms in total. The van der Waals surface area contributed by atoms with Gasteiger partial charge in [-0.05, 0) is 51.5 Å². The average molecular weight is 360 g/mol. The maximum atomic E-state index is 12.5. The van der Waals surface area contributed by atoms with Crippen molar-refractivity contribution in [2.24, 2.45) is 0 Å². The monoisotopic (exact) mass is 359 g/mol. The highest BCUT2D eigenvalue weighted by atomic mass is 35.5. The Hall–Kier alpha value is -1.27. The summed E-state index contributed by atoms with van der Waals surface area (Å²) in [5.41, 5.74) is 0. The second-order valence-electron chi connectivity index (χ2n) is 6.65. The quantitative estimate of drug-likeness (QED) is 0.828. The Kier molecular flexibility index (Phi) is 5.26. The molecule has 1 aliphatic heterocycles. The standard InChI is InChI=1S/C16H22ClNO4S/c1-16(2,3)23(20,21)14-8-9-18(10-14)15(19)11-22-13-6-4-12(17)5-7-13/h4-7,14H,8-11H2,1-3H3. The number of rotatable bonds is 4. The molecule has 0 N–H and O–H groups in total. The second kappa shape index (κ2) is 6.69. The molecule has 1 saturated heterocycles. The molecule has 1 aromatic carbocycles. The number of carbonyl (C=O) groups is 1. The summed E-state index contributed by atoms with van der Waals surface area (Å²) < 4.78 is 29.5. The molecule has 1 unspecified atom stereocenters. The molecule has 1 aromatic rings. The third-order valence-electron chi connectivity index (χ3n) is 3.97. The molecule has 0 saturated carbocycles. The van der Waals surface area contributed by atoms with Gasteiger partial charge in [0.15, 0.2) is 16.4 Å². The lowest BCUT2D eigenvalue weighted by Crippen LogP contribution is -2.40. The normalized spacial score (nSPS) is 19.0. The van der Waals surface area contributed by atoms with Crippen molar-refractivity contribution in [3.63, 3.8) is 0 Å². The van der Waals surface area contributed by atoms with Crippen molar-refractivity contribution in [2.45, 2.75) is 37.2 Å². The number of likely N-dealkylation sites (tertiary alicyclic amines) is 1. The Balaban J connectivity index is 1.91. The van der Waals surface area contributed by atoms with E-state index in [1.165, 1.54) is 0 Å². The fourth-order valence-corrected chi connectivity index (χ4v) is 4.39. The van der Waals surface area contributed by atoms with Gasteiger partial charge in [0, 0.05) is 18.1 Å². The van der Waals surface area contributed by atoms with Gasteiger partial charge in [-0.2, -0.15) is 0 Å². The molecule has 1 heterocycles. The highest BCUT2D eigenvalue weighted by Crippen LogP contribution is 2.27. The van der Waals surface area contributed by atoms with Crippen molar-refractivity contribution in [3.05, 3.63) is 29.3 Å². The zero-order valence-corrected chi connectivity index (χ0v) is 15.2. The van der Waals surface area contributed by atoms with Gasteiger partial charge < -0.3 is 9.64 Å². The van der Waals surface area contributed by atoms with E-state index in [2.05, 4.69) is 0 Å². The van der Waals surface area contributed by atoms with Gasteiger partial charge in [-0.15, -0.1) is 0 Å². The van der Waals surface area contributed by atoms with Crippen LogP contribution in [-0.2, 0) is 14.6 Å². The maximum absolute atomic E-state index is 12.5. The maximum Gasteiger partial charge on any atom is 0.260 e. The second-order valence-corrected chi connectivity index (χ2v) is 10.1. The Morgan fingerprint density at radius 2 is 1.91 bits per heavy atom. The molecule has 1 amide bonds. The van der Waals surface area contributed by atoms with Gasteiger partial charge in [-0.3, -0.25) is 4.79 Å². The van der Waals surface area contributed by atoms with E-state index in [-0.39, 0.29) is 19.1 Å². The van der Waals surface area contributed by atoms with Crippen LogP contribution in [0.5, 0.6) is 5.75 Å². The van der Waals surface area contributed by atoms with Gasteiger partial charge in [0.05, 0.1) is 10.00 Å². The summed E-state index contributed by atoms with van der Waals surface area (Å²) in [6, 6.07) is 6.74. The van der Waals surface area contributed by atoms with Crippen molar-refractivity contribution in [1.29, 1.82) is 0 Å². The molecule has 0 spiro atoms. The van der Waals surface area contributed by atoms with Crippen molar-refractivity contribution in [2.75, 3.05) is 19.7 Å². The van der Waals surface area contributed by atoms with Gasteiger partial charge in [-0.25, -0.2) is 8.42 Å². The number of halogens is 1. The summed E-state index contributed by atoms with van der Waals surface area (Å²) in [5, 5.41) is 0.0976. The number of amides is 1. The zero-order valence-electron chi connectivity index (χ0n) is 13.6. The molecular formula is C16H22ClNO4S. The molecule has 0 aromatic heterocycles. The molecule has 1 atom stereocenters. The first-order valence-corrected chi connectivity index (χ1v) is 9.43. The van der Waals surface area contributed by atoms with E-state index in [0.29, 0.717) is 23.7 Å². The van der Waals surface area contributed by atoms with Crippen LogP contribution < -0.4 is 4.74 Å². The van der Waals surface area contributed by atoms with Gasteiger partial charge in [0.2, 0.25) is 0 Å². The fraction of sp³-hybridized carbons (Fsp3) is 0.562.